The third-order valence-electron chi connectivity index (χ3n) is 2.63. The topological polar surface area (TPSA) is 3.24 Å². The van der Waals surface area contributed by atoms with Gasteiger partial charge in [-0.25, -0.2) is 0 Å². The van der Waals surface area contributed by atoms with E-state index in [-0.39, 0.29) is 0 Å². The van der Waals surface area contributed by atoms with Crippen LogP contribution in [0.5, 0.6) is 0 Å². The highest BCUT2D eigenvalue weighted by Crippen LogP contribution is 2.16. The zero-order valence-electron chi connectivity index (χ0n) is 8.18. The number of nitrogens with zero attached hydrogens (tertiary/aromatic N) is 1. The Kier molecular flexibility index (Phi) is 3.95. The van der Waals surface area contributed by atoms with Crippen molar-refractivity contribution in [3.8, 4) is 0 Å². The van der Waals surface area contributed by atoms with E-state index in [2.05, 4.69) is 46.7 Å². The summed E-state index contributed by atoms with van der Waals surface area (Å²) in [4.78, 5) is 2.28. The second-order valence-corrected chi connectivity index (χ2v) is 3.81. The van der Waals surface area contributed by atoms with Crippen molar-refractivity contribution in [2.45, 2.75) is 33.7 Å². The average Bonchev–Trinajstić information content (AvgIpc) is 1.84. The van der Waals surface area contributed by atoms with Crippen molar-refractivity contribution in [1.29, 1.82) is 0 Å². The maximum atomic E-state index is 2.31. The van der Waals surface area contributed by atoms with Gasteiger partial charge in [-0.15, -0.1) is 0 Å². The fourth-order valence-electron chi connectivity index (χ4n) is 1.03. The molecular weight excluding hydrogens is 122 g/mol. The van der Waals surface area contributed by atoms with Crippen LogP contribution < -0.4 is 0 Å². The minimum absolute atomic E-state index is 0.694. The van der Waals surface area contributed by atoms with Gasteiger partial charge in [0.15, 0.2) is 0 Å². The molecule has 0 rings (SSSR count). The van der Waals surface area contributed by atoms with E-state index in [1.165, 1.54) is 0 Å². The van der Waals surface area contributed by atoms with E-state index in [0.29, 0.717) is 6.04 Å². The molecule has 2 unspecified atom stereocenters. The molecule has 0 radical (unpaired) electrons. The van der Waals surface area contributed by atoms with E-state index in [0.717, 1.165) is 11.8 Å². The highest BCUT2D eigenvalue weighted by atomic mass is 15.1. The fourth-order valence-corrected chi connectivity index (χ4v) is 1.03. The van der Waals surface area contributed by atoms with Crippen molar-refractivity contribution in [3.63, 3.8) is 0 Å². The van der Waals surface area contributed by atoms with Crippen molar-refractivity contribution >= 4 is 0 Å². The Morgan fingerprint density at radius 2 is 1.30 bits per heavy atom. The molecule has 0 aliphatic rings. The SMILES string of the molecule is CC(C)C(C)C(C)N(C)C. The Hall–Kier alpha value is -0.0400. The molecule has 0 aliphatic heterocycles. The largest absolute Gasteiger partial charge is 0.306 e. The second kappa shape index (κ2) is 3.97. The van der Waals surface area contributed by atoms with Gasteiger partial charge in [-0.2, -0.15) is 0 Å². The molecule has 0 aromatic heterocycles. The van der Waals surface area contributed by atoms with E-state index in [4.69, 9.17) is 0 Å². The minimum atomic E-state index is 0.694. The van der Waals surface area contributed by atoms with Crippen molar-refractivity contribution in [2.24, 2.45) is 11.8 Å². The standard InChI is InChI=1S/C9H21N/c1-7(2)8(3)9(4)10(5)6/h7-9H,1-6H3. The van der Waals surface area contributed by atoms with Crippen LogP contribution in [0.1, 0.15) is 27.7 Å². The van der Waals surface area contributed by atoms with E-state index in [1.807, 2.05) is 0 Å². The Labute approximate surface area is 65.4 Å². The summed E-state index contributed by atoms with van der Waals surface area (Å²) in [6.45, 7) is 9.16. The second-order valence-electron chi connectivity index (χ2n) is 3.81. The predicted molar refractivity (Wildman–Crippen MR) is 47.2 cm³/mol. The van der Waals surface area contributed by atoms with Gasteiger partial charge in [0.25, 0.3) is 0 Å². The van der Waals surface area contributed by atoms with Crippen LogP contribution in [0.3, 0.4) is 0 Å². The molecule has 0 saturated carbocycles. The maximum Gasteiger partial charge on any atom is 0.00889 e. The molecular formula is C9H21N. The van der Waals surface area contributed by atoms with Crippen LogP contribution in [0.15, 0.2) is 0 Å². The molecule has 62 valence electrons. The molecule has 0 fully saturated rings. The van der Waals surface area contributed by atoms with Gasteiger partial charge in [-0.3, -0.25) is 0 Å². The summed E-state index contributed by atoms with van der Waals surface area (Å²) in [5.41, 5.74) is 0. The summed E-state index contributed by atoms with van der Waals surface area (Å²) >= 11 is 0. The molecule has 0 amide bonds. The van der Waals surface area contributed by atoms with Crippen LogP contribution in [0, 0.1) is 11.8 Å². The molecule has 0 spiro atoms. The summed E-state index contributed by atoms with van der Waals surface area (Å²) in [6.07, 6.45) is 0. The van der Waals surface area contributed by atoms with Crippen LogP contribution in [0.4, 0.5) is 0 Å². The fraction of sp³-hybridized carbons (Fsp3) is 1.00. The molecule has 0 bridgehead atoms. The third kappa shape index (κ3) is 2.70. The molecule has 10 heavy (non-hydrogen) atoms. The normalized spacial score (nSPS) is 18.0. The highest BCUT2D eigenvalue weighted by Gasteiger charge is 2.16. The van der Waals surface area contributed by atoms with E-state index >= 15 is 0 Å². The van der Waals surface area contributed by atoms with Gasteiger partial charge in [-0.05, 0) is 32.9 Å². The first-order valence-electron chi connectivity index (χ1n) is 4.13. The van der Waals surface area contributed by atoms with E-state index < -0.39 is 0 Å². The van der Waals surface area contributed by atoms with Crippen LogP contribution in [-0.2, 0) is 0 Å². The summed E-state index contributed by atoms with van der Waals surface area (Å²) < 4.78 is 0. The van der Waals surface area contributed by atoms with Gasteiger partial charge in [0.05, 0.1) is 0 Å². The van der Waals surface area contributed by atoms with Gasteiger partial charge >= 0.3 is 0 Å². The summed E-state index contributed by atoms with van der Waals surface area (Å²) in [5, 5.41) is 0. The van der Waals surface area contributed by atoms with Gasteiger partial charge in [-0.1, -0.05) is 20.8 Å². The quantitative estimate of drug-likeness (QED) is 0.585. The van der Waals surface area contributed by atoms with E-state index in [1.54, 1.807) is 0 Å². The first-order chi connectivity index (χ1) is 4.46. The molecule has 1 heteroatoms. The first-order valence-corrected chi connectivity index (χ1v) is 4.13. The smallest absolute Gasteiger partial charge is 0.00889 e. The Bertz CT molecular complexity index is 74.7. The molecule has 2 atom stereocenters. The van der Waals surface area contributed by atoms with Crippen molar-refractivity contribution < 1.29 is 0 Å². The first kappa shape index (κ1) is 9.96. The minimum Gasteiger partial charge on any atom is -0.306 e. The zero-order valence-corrected chi connectivity index (χ0v) is 8.18. The summed E-state index contributed by atoms with van der Waals surface area (Å²) in [7, 11) is 4.28. The monoisotopic (exact) mass is 143 g/mol. The summed E-state index contributed by atoms with van der Waals surface area (Å²) in [5.74, 6) is 1.58. The molecule has 0 aliphatic carbocycles. The van der Waals surface area contributed by atoms with Crippen LogP contribution in [0.2, 0.25) is 0 Å². The molecule has 0 N–H and O–H groups in total. The lowest BCUT2D eigenvalue weighted by molar-refractivity contribution is 0.199. The van der Waals surface area contributed by atoms with Gasteiger partial charge < -0.3 is 4.90 Å². The Morgan fingerprint density at radius 3 is 1.40 bits per heavy atom. The Morgan fingerprint density at radius 1 is 0.900 bits per heavy atom. The third-order valence-corrected chi connectivity index (χ3v) is 2.63. The van der Waals surface area contributed by atoms with Crippen LogP contribution in [-0.4, -0.2) is 25.0 Å². The predicted octanol–water partition coefficient (Wildman–Crippen LogP) is 2.23. The molecule has 1 nitrogen and oxygen atoms in total. The lowest BCUT2D eigenvalue weighted by atomic mass is 9.91. The van der Waals surface area contributed by atoms with Crippen molar-refractivity contribution in [3.05, 3.63) is 0 Å². The zero-order chi connectivity index (χ0) is 8.31. The number of hydrogen-bond acceptors (Lipinski definition) is 1. The lowest BCUT2D eigenvalue weighted by Gasteiger charge is -2.28. The molecule has 0 aromatic rings. The van der Waals surface area contributed by atoms with Crippen molar-refractivity contribution in [2.75, 3.05) is 14.1 Å². The van der Waals surface area contributed by atoms with Gasteiger partial charge in [0, 0.05) is 6.04 Å². The lowest BCUT2D eigenvalue weighted by Crippen LogP contribution is -2.33. The van der Waals surface area contributed by atoms with E-state index in [9.17, 15) is 0 Å². The molecule has 0 aromatic carbocycles. The number of hydrogen-bond donors (Lipinski definition) is 0. The summed E-state index contributed by atoms with van der Waals surface area (Å²) in [6, 6.07) is 0.694. The van der Waals surface area contributed by atoms with Gasteiger partial charge in [0.1, 0.15) is 0 Å². The highest BCUT2D eigenvalue weighted by molar-refractivity contribution is 4.69. The maximum absolute atomic E-state index is 2.31. The van der Waals surface area contributed by atoms with Crippen molar-refractivity contribution in [1.82, 2.24) is 4.90 Å². The van der Waals surface area contributed by atoms with Crippen LogP contribution >= 0.6 is 0 Å². The van der Waals surface area contributed by atoms with Gasteiger partial charge in [0.2, 0.25) is 0 Å². The molecule has 0 heterocycles. The number of rotatable bonds is 3. The molecule has 0 saturated heterocycles. The van der Waals surface area contributed by atoms with Crippen LogP contribution in [0.25, 0.3) is 0 Å². The Balaban J connectivity index is 3.81. The average molecular weight is 143 g/mol.